The average Bonchev–Trinajstić information content (AvgIpc) is 2.67. The van der Waals surface area contributed by atoms with E-state index in [4.69, 9.17) is 9.47 Å². The van der Waals surface area contributed by atoms with Gasteiger partial charge in [-0.25, -0.2) is 4.79 Å². The first-order chi connectivity index (χ1) is 12.8. The molecule has 1 rings (SSSR count). The molecule has 0 N–H and O–H groups in total. The third-order valence-corrected chi connectivity index (χ3v) is 5.14. The van der Waals surface area contributed by atoms with Crippen LogP contribution in [0.1, 0.15) is 13.3 Å². The average molecular weight is 419 g/mol. The van der Waals surface area contributed by atoms with Crippen LogP contribution >= 0.6 is 11.8 Å². The number of thioether (sulfide) groups is 1. The molecule has 0 aliphatic heterocycles. The molecule has 150 valence electrons. The molecule has 0 saturated heterocycles. The summed E-state index contributed by atoms with van der Waals surface area (Å²) >= 11 is 0.643. The van der Waals surface area contributed by atoms with E-state index in [0.29, 0.717) is 18.2 Å². The lowest BCUT2D eigenvalue weighted by molar-refractivity contribution is -0.141. The molecule has 9 nitrogen and oxygen atoms in total. The summed E-state index contributed by atoms with van der Waals surface area (Å²) in [7, 11) is -1.56. The summed E-state index contributed by atoms with van der Waals surface area (Å²) in [5.41, 5.74) is 0. The Balaban J connectivity index is 2.66. The zero-order valence-corrected chi connectivity index (χ0v) is 16.7. The van der Waals surface area contributed by atoms with Gasteiger partial charge >= 0.3 is 22.1 Å². The van der Waals surface area contributed by atoms with Crippen LogP contribution in [0.3, 0.4) is 0 Å². The van der Waals surface area contributed by atoms with E-state index < -0.39 is 27.1 Å². The first-order valence-corrected chi connectivity index (χ1v) is 10.2. The van der Waals surface area contributed by atoms with E-state index in [1.165, 1.54) is 24.3 Å². The molecule has 0 saturated carbocycles. The maximum atomic E-state index is 12.0. The second-order valence-electron chi connectivity index (χ2n) is 5.07. The van der Waals surface area contributed by atoms with E-state index in [9.17, 15) is 18.0 Å². The minimum absolute atomic E-state index is 0.0609. The molecule has 0 radical (unpaired) electrons. The van der Waals surface area contributed by atoms with Crippen molar-refractivity contribution in [3.63, 3.8) is 0 Å². The van der Waals surface area contributed by atoms with Crippen molar-refractivity contribution in [3.05, 3.63) is 30.3 Å². The topological polar surface area (TPSA) is 118 Å². The fourth-order valence-electron chi connectivity index (χ4n) is 1.55. The summed E-state index contributed by atoms with van der Waals surface area (Å²) in [6, 6.07) is 7.28. The molecule has 1 atom stereocenters. The minimum atomic E-state index is -4.20. The predicted molar refractivity (Wildman–Crippen MR) is 98.7 cm³/mol. The van der Waals surface area contributed by atoms with Crippen LogP contribution in [-0.2, 0) is 38.2 Å². The Morgan fingerprint density at radius 1 is 1.19 bits per heavy atom. The highest BCUT2D eigenvalue weighted by Gasteiger charge is 2.20. The van der Waals surface area contributed by atoms with Crippen molar-refractivity contribution in [2.45, 2.75) is 24.3 Å². The molecule has 0 spiro atoms. The van der Waals surface area contributed by atoms with Gasteiger partial charge in [0.1, 0.15) is 4.90 Å². The maximum Gasteiger partial charge on any atom is 0.366 e. The third kappa shape index (κ3) is 8.41. The maximum absolute atomic E-state index is 12.0. The van der Waals surface area contributed by atoms with E-state index in [1.54, 1.807) is 13.2 Å². The lowest BCUT2D eigenvalue weighted by Crippen LogP contribution is -2.18. The van der Waals surface area contributed by atoms with Gasteiger partial charge in [0.15, 0.2) is 0 Å². The van der Waals surface area contributed by atoms with Crippen LogP contribution in [0.5, 0.6) is 0 Å². The molecular weight excluding hydrogens is 398 g/mol. The lowest BCUT2D eigenvalue weighted by Gasteiger charge is -2.09. The number of nitrogens with zero attached hydrogens (tertiary/aromatic N) is 1. The number of benzene rings is 1. The van der Waals surface area contributed by atoms with E-state index in [1.807, 2.05) is 6.92 Å². The number of methoxy groups -OCH3 is 2. The molecule has 0 aromatic heterocycles. The molecule has 0 bridgehead atoms. The highest BCUT2D eigenvalue weighted by atomic mass is 32.2. The van der Waals surface area contributed by atoms with Gasteiger partial charge in [-0.1, -0.05) is 35.1 Å². The molecular formula is C16H21NO8S2. The standard InChI is InChI=1S/C16H21NO8S2/c1-12(22-2)9-10-24-14(18)11-26-15(16(19)23-3)17-25-27(20,21)13-7-5-4-6-8-13/h4-8,12H,9-11H2,1-3H3/b17-15-. The van der Waals surface area contributed by atoms with Gasteiger partial charge in [0.2, 0.25) is 5.04 Å². The number of rotatable bonds is 9. The van der Waals surface area contributed by atoms with E-state index >= 15 is 0 Å². The van der Waals surface area contributed by atoms with Crippen LogP contribution in [-0.4, -0.2) is 58.1 Å². The number of hydrogen-bond donors (Lipinski definition) is 0. The smallest absolute Gasteiger partial charge is 0.366 e. The zero-order valence-electron chi connectivity index (χ0n) is 15.1. The minimum Gasteiger partial charge on any atom is -0.465 e. The first kappa shape index (κ1) is 22.9. The number of ether oxygens (including phenoxy) is 3. The molecule has 0 aliphatic rings. The zero-order chi connectivity index (χ0) is 20.3. The summed E-state index contributed by atoms with van der Waals surface area (Å²) in [6.07, 6.45) is 0.456. The van der Waals surface area contributed by atoms with Crippen molar-refractivity contribution < 1.29 is 36.5 Å². The predicted octanol–water partition coefficient (Wildman–Crippen LogP) is 1.58. The SMILES string of the molecule is COC(=O)/C(=N/OS(=O)(=O)c1ccccc1)SCC(=O)OCCC(C)OC. The summed E-state index contributed by atoms with van der Waals surface area (Å²) in [5.74, 6) is -1.82. The van der Waals surface area contributed by atoms with Crippen molar-refractivity contribution in [3.8, 4) is 0 Å². The Kier molecular flexibility index (Phi) is 9.83. The highest BCUT2D eigenvalue weighted by molar-refractivity contribution is 8.16. The lowest BCUT2D eigenvalue weighted by atomic mass is 10.3. The van der Waals surface area contributed by atoms with Crippen molar-refractivity contribution in [2.24, 2.45) is 5.16 Å². The van der Waals surface area contributed by atoms with Crippen LogP contribution in [0.25, 0.3) is 0 Å². The molecule has 0 amide bonds. The molecule has 1 unspecified atom stereocenters. The van der Waals surface area contributed by atoms with E-state index in [2.05, 4.69) is 14.2 Å². The molecule has 11 heteroatoms. The second kappa shape index (κ2) is 11.6. The molecule has 1 aromatic rings. The molecule has 27 heavy (non-hydrogen) atoms. The monoisotopic (exact) mass is 419 g/mol. The molecule has 1 aromatic carbocycles. The van der Waals surface area contributed by atoms with Crippen LogP contribution in [0, 0.1) is 0 Å². The first-order valence-electron chi connectivity index (χ1n) is 7.76. The molecule has 0 fully saturated rings. The van der Waals surface area contributed by atoms with Gasteiger partial charge in [0.05, 0.1) is 25.6 Å². The van der Waals surface area contributed by atoms with Gasteiger partial charge in [0.25, 0.3) is 0 Å². The number of carbonyl (C=O) groups excluding carboxylic acids is 2. The van der Waals surface area contributed by atoms with Crippen LogP contribution < -0.4 is 0 Å². The van der Waals surface area contributed by atoms with Gasteiger partial charge in [-0.2, -0.15) is 8.42 Å². The fraction of sp³-hybridized carbons (Fsp3) is 0.438. The number of oxime groups is 1. The summed E-state index contributed by atoms with van der Waals surface area (Å²) in [4.78, 5) is 23.3. The Labute approximate surface area is 162 Å². The van der Waals surface area contributed by atoms with E-state index in [0.717, 1.165) is 7.11 Å². The molecule has 0 aliphatic carbocycles. The summed E-state index contributed by atoms with van der Waals surface area (Å²) in [5, 5.41) is 2.89. The van der Waals surface area contributed by atoms with Crippen molar-refractivity contribution in [2.75, 3.05) is 26.6 Å². The molecule has 0 heterocycles. The largest absolute Gasteiger partial charge is 0.465 e. The van der Waals surface area contributed by atoms with Crippen LogP contribution in [0.2, 0.25) is 0 Å². The Bertz CT molecular complexity index is 749. The normalized spacial score (nSPS) is 12.9. The highest BCUT2D eigenvalue weighted by Crippen LogP contribution is 2.14. The van der Waals surface area contributed by atoms with E-state index in [-0.39, 0.29) is 23.4 Å². The van der Waals surface area contributed by atoms with Gasteiger partial charge < -0.3 is 14.2 Å². The van der Waals surface area contributed by atoms with Gasteiger partial charge in [-0.3, -0.25) is 9.08 Å². The van der Waals surface area contributed by atoms with Gasteiger partial charge in [-0.05, 0) is 19.1 Å². The summed E-state index contributed by atoms with van der Waals surface area (Å²) < 4.78 is 43.1. The third-order valence-electron chi connectivity index (χ3n) is 3.13. The Hall–Kier alpha value is -2.11. The van der Waals surface area contributed by atoms with Crippen molar-refractivity contribution >= 4 is 38.9 Å². The quantitative estimate of drug-likeness (QED) is 0.254. The Morgan fingerprint density at radius 3 is 2.44 bits per heavy atom. The Morgan fingerprint density at radius 2 is 1.85 bits per heavy atom. The summed E-state index contributed by atoms with van der Waals surface area (Å²) in [6.45, 7) is 1.98. The number of carbonyl (C=O) groups is 2. The second-order valence-corrected chi connectivity index (χ2v) is 7.57. The fourth-order valence-corrected chi connectivity index (χ4v) is 2.97. The van der Waals surface area contributed by atoms with Crippen LogP contribution in [0.4, 0.5) is 0 Å². The van der Waals surface area contributed by atoms with Crippen LogP contribution in [0.15, 0.2) is 40.4 Å². The van der Waals surface area contributed by atoms with Gasteiger partial charge in [0, 0.05) is 13.5 Å². The van der Waals surface area contributed by atoms with Gasteiger partial charge in [-0.15, -0.1) is 0 Å². The number of esters is 2. The van der Waals surface area contributed by atoms with Crippen molar-refractivity contribution in [1.29, 1.82) is 0 Å². The van der Waals surface area contributed by atoms with Crippen molar-refractivity contribution in [1.82, 2.24) is 0 Å². The number of hydrogen-bond acceptors (Lipinski definition) is 10.